The van der Waals surface area contributed by atoms with Crippen LogP contribution in [-0.4, -0.2) is 25.0 Å². The van der Waals surface area contributed by atoms with Gasteiger partial charge in [-0.15, -0.1) is 0 Å². The third kappa shape index (κ3) is 13.2. The summed E-state index contributed by atoms with van der Waals surface area (Å²) in [6.07, 6.45) is 2.78. The molecule has 0 aromatic heterocycles. The Kier molecular flexibility index (Phi) is 5.01. The van der Waals surface area contributed by atoms with Crippen molar-refractivity contribution in [2.24, 2.45) is 0 Å². The van der Waals surface area contributed by atoms with Gasteiger partial charge in [0.15, 0.2) is 0 Å². The molecular formula is C4H10BF4NP-. The second kappa shape index (κ2) is 4.93. The zero-order chi connectivity index (χ0) is 8.91. The van der Waals surface area contributed by atoms with Gasteiger partial charge in [0, 0.05) is 13.1 Å². The molecule has 0 aliphatic carbocycles. The van der Waals surface area contributed by atoms with E-state index < -0.39 is 7.25 Å². The lowest BCUT2D eigenvalue weighted by Crippen LogP contribution is -2.02. The normalized spacial score (nSPS) is 19.4. The first kappa shape index (κ1) is 11.2. The van der Waals surface area contributed by atoms with Gasteiger partial charge >= 0.3 is 7.25 Å². The minimum atomic E-state index is -6.00. The van der Waals surface area contributed by atoms with E-state index in [0.29, 0.717) is 0 Å². The van der Waals surface area contributed by atoms with Crippen LogP contribution in [0.5, 0.6) is 0 Å². The third-order valence-corrected chi connectivity index (χ3v) is 1.66. The number of nitrogens with zero attached hydrogens (tertiary/aromatic N) is 1. The smallest absolute Gasteiger partial charge is 0.418 e. The lowest BCUT2D eigenvalue weighted by atomic mass is 10.3. The van der Waals surface area contributed by atoms with Gasteiger partial charge in [-0.1, -0.05) is 9.39 Å². The number of halogens is 4. The molecule has 0 aromatic rings. The molecular weight excluding hydrogens is 180 g/mol. The second-order valence-corrected chi connectivity index (χ2v) is 2.97. The fourth-order valence-electron chi connectivity index (χ4n) is 0.742. The summed E-state index contributed by atoms with van der Waals surface area (Å²) in [4.78, 5) is 0. The Balaban J connectivity index is 0.000000187. The van der Waals surface area contributed by atoms with Crippen LogP contribution in [0.1, 0.15) is 12.8 Å². The van der Waals surface area contributed by atoms with Crippen molar-refractivity contribution < 1.29 is 17.3 Å². The van der Waals surface area contributed by atoms with Crippen molar-refractivity contribution in [3.8, 4) is 0 Å². The summed E-state index contributed by atoms with van der Waals surface area (Å²) in [5.74, 6) is 0. The highest BCUT2D eigenvalue weighted by molar-refractivity contribution is 7.13. The first-order valence-electron chi connectivity index (χ1n) is 3.26. The van der Waals surface area contributed by atoms with E-state index in [4.69, 9.17) is 0 Å². The van der Waals surface area contributed by atoms with E-state index >= 15 is 0 Å². The fourth-order valence-corrected chi connectivity index (χ4v) is 1.11. The summed E-state index contributed by atoms with van der Waals surface area (Å²) < 4.78 is 41.3. The Bertz CT molecular complexity index is 96.8. The van der Waals surface area contributed by atoms with Gasteiger partial charge in [0.25, 0.3) is 0 Å². The van der Waals surface area contributed by atoms with Crippen LogP contribution in [0.3, 0.4) is 0 Å². The molecule has 1 saturated heterocycles. The van der Waals surface area contributed by atoms with E-state index in [2.05, 4.69) is 14.1 Å². The summed E-state index contributed by atoms with van der Waals surface area (Å²) >= 11 is 0. The maximum atomic E-state index is 9.75. The minimum absolute atomic E-state index is 1.28. The molecule has 68 valence electrons. The van der Waals surface area contributed by atoms with Crippen molar-refractivity contribution in [2.75, 3.05) is 13.1 Å². The highest BCUT2D eigenvalue weighted by atomic mass is 31.0. The van der Waals surface area contributed by atoms with E-state index in [0.717, 1.165) is 0 Å². The van der Waals surface area contributed by atoms with Crippen LogP contribution in [0.4, 0.5) is 17.3 Å². The fraction of sp³-hybridized carbons (Fsp3) is 1.00. The summed E-state index contributed by atoms with van der Waals surface area (Å²) in [6.45, 7) is 2.56. The van der Waals surface area contributed by atoms with Crippen molar-refractivity contribution in [1.82, 2.24) is 4.67 Å². The number of rotatable bonds is 0. The van der Waals surface area contributed by atoms with E-state index in [9.17, 15) is 17.3 Å². The molecule has 0 N–H and O–H groups in total. The maximum absolute atomic E-state index is 9.75. The molecule has 7 heteroatoms. The molecule has 11 heavy (non-hydrogen) atoms. The summed E-state index contributed by atoms with van der Waals surface area (Å²) in [5.41, 5.74) is 0. The lowest BCUT2D eigenvalue weighted by Gasteiger charge is -2.00. The van der Waals surface area contributed by atoms with E-state index in [1.54, 1.807) is 0 Å². The molecule has 1 aliphatic rings. The predicted octanol–water partition coefficient (Wildman–Crippen LogP) is 2.17. The summed E-state index contributed by atoms with van der Waals surface area (Å²) in [7, 11) is -3.29. The third-order valence-electron chi connectivity index (χ3n) is 1.14. The van der Waals surface area contributed by atoms with Gasteiger partial charge in [-0.05, 0) is 12.8 Å². The van der Waals surface area contributed by atoms with Gasteiger partial charge in [-0.2, -0.15) is 0 Å². The SMILES string of the molecule is F[B-](F)(F)F.PN1CCCC1. The molecule has 1 nitrogen and oxygen atoms in total. The highest BCUT2D eigenvalue weighted by Gasteiger charge is 2.20. The molecule has 1 atom stereocenters. The Labute approximate surface area is 65.5 Å². The standard InChI is InChI=1S/C4H10NP.BF4/c6-5-3-1-2-4-5;2-1(3,4)5/h1-4,6H2;/q;-1. The highest BCUT2D eigenvalue weighted by Crippen LogP contribution is 2.10. The molecule has 1 rings (SSSR count). The van der Waals surface area contributed by atoms with E-state index in [1.165, 1.54) is 25.9 Å². The van der Waals surface area contributed by atoms with Crippen LogP contribution in [0.2, 0.25) is 0 Å². The Morgan fingerprint density at radius 1 is 1.00 bits per heavy atom. The largest absolute Gasteiger partial charge is 0.673 e. The minimum Gasteiger partial charge on any atom is -0.418 e. The number of hydrogen-bond donors (Lipinski definition) is 0. The van der Waals surface area contributed by atoms with E-state index in [-0.39, 0.29) is 0 Å². The lowest BCUT2D eigenvalue weighted by molar-refractivity contribution is 0.368. The summed E-state index contributed by atoms with van der Waals surface area (Å²) in [5, 5.41) is 0. The van der Waals surface area contributed by atoms with Crippen molar-refractivity contribution in [1.29, 1.82) is 0 Å². The predicted molar refractivity (Wildman–Crippen MR) is 40.7 cm³/mol. The molecule has 1 heterocycles. The maximum Gasteiger partial charge on any atom is 0.673 e. The molecule has 0 aromatic carbocycles. The first-order chi connectivity index (χ1) is 4.89. The zero-order valence-electron chi connectivity index (χ0n) is 5.94. The van der Waals surface area contributed by atoms with Gasteiger partial charge in [-0.3, -0.25) is 4.67 Å². The Hall–Kier alpha value is 0.175. The Morgan fingerprint density at radius 3 is 1.36 bits per heavy atom. The topological polar surface area (TPSA) is 3.24 Å². The molecule has 0 bridgehead atoms. The van der Waals surface area contributed by atoms with Crippen molar-refractivity contribution in [3.63, 3.8) is 0 Å². The molecule has 0 radical (unpaired) electrons. The quantitative estimate of drug-likeness (QED) is 0.321. The zero-order valence-corrected chi connectivity index (χ0v) is 7.10. The van der Waals surface area contributed by atoms with E-state index in [1.807, 2.05) is 0 Å². The second-order valence-electron chi connectivity index (χ2n) is 2.24. The number of hydrogen-bond acceptors (Lipinski definition) is 1. The van der Waals surface area contributed by atoms with Gasteiger partial charge in [-0.25, -0.2) is 0 Å². The van der Waals surface area contributed by atoms with Gasteiger partial charge in [0.1, 0.15) is 0 Å². The molecule has 1 fully saturated rings. The summed E-state index contributed by atoms with van der Waals surface area (Å²) in [6, 6.07) is 0. The van der Waals surface area contributed by atoms with Crippen molar-refractivity contribution in [2.45, 2.75) is 12.8 Å². The first-order valence-corrected chi connectivity index (χ1v) is 3.78. The van der Waals surface area contributed by atoms with Crippen LogP contribution in [0.15, 0.2) is 0 Å². The molecule has 0 spiro atoms. The van der Waals surface area contributed by atoms with Crippen LogP contribution in [0.25, 0.3) is 0 Å². The van der Waals surface area contributed by atoms with Crippen LogP contribution < -0.4 is 0 Å². The monoisotopic (exact) mass is 190 g/mol. The average molecular weight is 190 g/mol. The van der Waals surface area contributed by atoms with Gasteiger partial charge in [0.2, 0.25) is 0 Å². The van der Waals surface area contributed by atoms with Crippen molar-refractivity contribution >= 4 is 16.6 Å². The molecule has 0 saturated carbocycles. The molecule has 1 aliphatic heterocycles. The van der Waals surface area contributed by atoms with Crippen molar-refractivity contribution in [3.05, 3.63) is 0 Å². The van der Waals surface area contributed by atoms with Crippen LogP contribution in [-0.2, 0) is 0 Å². The molecule has 0 amide bonds. The molecule has 1 unspecified atom stereocenters. The van der Waals surface area contributed by atoms with Crippen LogP contribution >= 0.6 is 9.39 Å². The van der Waals surface area contributed by atoms with Crippen LogP contribution in [0, 0.1) is 0 Å². The Morgan fingerprint density at radius 2 is 1.27 bits per heavy atom. The van der Waals surface area contributed by atoms with Gasteiger partial charge < -0.3 is 17.3 Å². The van der Waals surface area contributed by atoms with Gasteiger partial charge in [0.05, 0.1) is 0 Å². The average Bonchev–Trinajstić information content (AvgIpc) is 2.12.